The molecule has 0 amide bonds. The Hall–Kier alpha value is -3.34. The average Bonchev–Trinajstić information content (AvgIpc) is 2.63. The first-order chi connectivity index (χ1) is 13.1. The molecule has 1 aromatic heterocycles. The highest BCUT2D eigenvalue weighted by Gasteiger charge is 2.07. The Morgan fingerprint density at radius 1 is 1.04 bits per heavy atom. The highest BCUT2D eigenvalue weighted by molar-refractivity contribution is 5.71. The molecule has 3 aromatic rings. The smallest absolute Gasteiger partial charge is 0.308 e. The van der Waals surface area contributed by atoms with Gasteiger partial charge in [0.2, 0.25) is 0 Å². The van der Waals surface area contributed by atoms with Gasteiger partial charge in [-0.05, 0) is 30.2 Å². The zero-order chi connectivity index (χ0) is 19.1. The molecule has 1 N–H and O–H groups in total. The normalized spacial score (nSPS) is 10.3. The van der Waals surface area contributed by atoms with Gasteiger partial charge >= 0.3 is 5.97 Å². The SMILES string of the molecule is CC(=O)Oc1cc(Nc2ccccn2)cc(OCCc2ccccc2C)c1. The Balaban J connectivity index is 1.73. The molecule has 0 saturated carbocycles. The van der Waals surface area contributed by atoms with Crippen molar-refractivity contribution in [1.82, 2.24) is 4.98 Å². The van der Waals surface area contributed by atoms with Crippen LogP contribution in [0.3, 0.4) is 0 Å². The molecule has 0 saturated heterocycles. The van der Waals surface area contributed by atoms with Gasteiger partial charge in [-0.15, -0.1) is 0 Å². The second-order valence-corrected chi connectivity index (χ2v) is 6.15. The largest absolute Gasteiger partial charge is 0.493 e. The molecule has 138 valence electrons. The van der Waals surface area contributed by atoms with Gasteiger partial charge in [-0.25, -0.2) is 4.98 Å². The maximum absolute atomic E-state index is 11.3. The monoisotopic (exact) mass is 362 g/mol. The topological polar surface area (TPSA) is 60.5 Å². The van der Waals surface area contributed by atoms with Gasteiger partial charge in [-0.2, -0.15) is 0 Å². The lowest BCUT2D eigenvalue weighted by atomic mass is 10.1. The standard InChI is InChI=1S/C22H22N2O3/c1-16-7-3-4-8-18(16)10-12-26-20-13-19(14-21(15-20)27-17(2)25)24-22-9-5-6-11-23-22/h3-9,11,13-15H,10,12H2,1-2H3,(H,23,24). The summed E-state index contributed by atoms with van der Waals surface area (Å²) in [7, 11) is 0. The number of carbonyl (C=O) groups is 1. The number of rotatable bonds is 7. The quantitative estimate of drug-likeness (QED) is 0.488. The molecule has 0 radical (unpaired) electrons. The van der Waals surface area contributed by atoms with Gasteiger partial charge < -0.3 is 14.8 Å². The van der Waals surface area contributed by atoms with Crippen molar-refractivity contribution >= 4 is 17.5 Å². The van der Waals surface area contributed by atoms with Crippen molar-refractivity contribution in [3.05, 3.63) is 78.0 Å². The van der Waals surface area contributed by atoms with E-state index in [2.05, 4.69) is 29.4 Å². The number of esters is 1. The van der Waals surface area contributed by atoms with Crippen LogP contribution in [-0.2, 0) is 11.2 Å². The van der Waals surface area contributed by atoms with Crippen LogP contribution in [0.5, 0.6) is 11.5 Å². The van der Waals surface area contributed by atoms with E-state index in [0.717, 1.165) is 12.1 Å². The number of nitrogens with zero attached hydrogens (tertiary/aromatic N) is 1. The van der Waals surface area contributed by atoms with Gasteiger partial charge in [0.15, 0.2) is 0 Å². The molecule has 0 aliphatic heterocycles. The number of hydrogen-bond donors (Lipinski definition) is 1. The summed E-state index contributed by atoms with van der Waals surface area (Å²) < 4.78 is 11.2. The molecule has 2 aromatic carbocycles. The van der Waals surface area contributed by atoms with Crippen molar-refractivity contribution in [3.63, 3.8) is 0 Å². The van der Waals surface area contributed by atoms with Crippen LogP contribution >= 0.6 is 0 Å². The number of ether oxygens (including phenoxy) is 2. The van der Waals surface area contributed by atoms with E-state index in [1.54, 1.807) is 18.3 Å². The van der Waals surface area contributed by atoms with E-state index in [0.29, 0.717) is 23.9 Å². The first-order valence-corrected chi connectivity index (χ1v) is 8.79. The Morgan fingerprint density at radius 3 is 2.56 bits per heavy atom. The zero-order valence-electron chi connectivity index (χ0n) is 15.4. The van der Waals surface area contributed by atoms with Crippen molar-refractivity contribution in [2.24, 2.45) is 0 Å². The summed E-state index contributed by atoms with van der Waals surface area (Å²) in [6, 6.07) is 19.2. The lowest BCUT2D eigenvalue weighted by molar-refractivity contribution is -0.131. The van der Waals surface area contributed by atoms with Gasteiger partial charge in [0.25, 0.3) is 0 Å². The van der Waals surface area contributed by atoms with Crippen LogP contribution in [-0.4, -0.2) is 17.6 Å². The van der Waals surface area contributed by atoms with Crippen LogP contribution in [0.4, 0.5) is 11.5 Å². The predicted octanol–water partition coefficient (Wildman–Crippen LogP) is 4.68. The Labute approximate surface area is 159 Å². The van der Waals surface area contributed by atoms with Crippen LogP contribution in [0.15, 0.2) is 66.9 Å². The number of aryl methyl sites for hydroxylation is 1. The first-order valence-electron chi connectivity index (χ1n) is 8.79. The van der Waals surface area contributed by atoms with Crippen LogP contribution < -0.4 is 14.8 Å². The number of hydrogen-bond acceptors (Lipinski definition) is 5. The second kappa shape index (κ2) is 8.85. The van der Waals surface area contributed by atoms with E-state index < -0.39 is 0 Å². The third-order valence-electron chi connectivity index (χ3n) is 3.98. The molecule has 5 nitrogen and oxygen atoms in total. The van der Waals surface area contributed by atoms with Gasteiger partial charge in [0, 0.05) is 43.4 Å². The minimum Gasteiger partial charge on any atom is -0.493 e. The maximum atomic E-state index is 11.3. The van der Waals surface area contributed by atoms with Crippen molar-refractivity contribution in [3.8, 4) is 11.5 Å². The number of benzene rings is 2. The average molecular weight is 362 g/mol. The molecular weight excluding hydrogens is 340 g/mol. The van der Waals surface area contributed by atoms with Crippen molar-refractivity contribution < 1.29 is 14.3 Å². The first kappa shape index (κ1) is 18.5. The van der Waals surface area contributed by atoms with E-state index in [4.69, 9.17) is 9.47 Å². The molecule has 1 heterocycles. The highest BCUT2D eigenvalue weighted by atomic mass is 16.5. The Morgan fingerprint density at radius 2 is 1.81 bits per heavy atom. The molecule has 5 heteroatoms. The van der Waals surface area contributed by atoms with Crippen LogP contribution in [0.1, 0.15) is 18.1 Å². The summed E-state index contributed by atoms with van der Waals surface area (Å²) in [4.78, 5) is 15.6. The van der Waals surface area contributed by atoms with Crippen molar-refractivity contribution in [2.45, 2.75) is 20.3 Å². The molecule has 27 heavy (non-hydrogen) atoms. The van der Waals surface area contributed by atoms with Gasteiger partial charge in [0.1, 0.15) is 17.3 Å². The minimum atomic E-state index is -0.379. The summed E-state index contributed by atoms with van der Waals surface area (Å²) in [5.41, 5.74) is 3.23. The molecule has 0 aliphatic carbocycles. The fourth-order valence-electron chi connectivity index (χ4n) is 2.71. The summed E-state index contributed by atoms with van der Waals surface area (Å²) >= 11 is 0. The van der Waals surface area contributed by atoms with Gasteiger partial charge in [0.05, 0.1) is 6.61 Å². The van der Waals surface area contributed by atoms with E-state index >= 15 is 0 Å². The Kier molecular flexibility index (Phi) is 6.05. The minimum absolute atomic E-state index is 0.379. The molecular formula is C22H22N2O3. The van der Waals surface area contributed by atoms with Crippen molar-refractivity contribution in [1.29, 1.82) is 0 Å². The lowest BCUT2D eigenvalue weighted by Gasteiger charge is -2.13. The summed E-state index contributed by atoms with van der Waals surface area (Å²) in [6.45, 7) is 3.99. The molecule has 0 atom stereocenters. The highest BCUT2D eigenvalue weighted by Crippen LogP contribution is 2.28. The van der Waals surface area contributed by atoms with E-state index in [1.807, 2.05) is 36.4 Å². The Bertz CT molecular complexity index is 910. The number of anilines is 2. The van der Waals surface area contributed by atoms with Crippen LogP contribution in [0, 0.1) is 6.92 Å². The van der Waals surface area contributed by atoms with Gasteiger partial charge in [-0.3, -0.25) is 4.79 Å². The zero-order valence-corrected chi connectivity index (χ0v) is 15.4. The maximum Gasteiger partial charge on any atom is 0.308 e. The van der Waals surface area contributed by atoms with Crippen LogP contribution in [0.25, 0.3) is 0 Å². The van der Waals surface area contributed by atoms with Crippen molar-refractivity contribution in [2.75, 3.05) is 11.9 Å². The van der Waals surface area contributed by atoms with E-state index in [9.17, 15) is 4.79 Å². The predicted molar refractivity (Wildman–Crippen MR) is 106 cm³/mol. The number of carbonyl (C=O) groups excluding carboxylic acids is 1. The van der Waals surface area contributed by atoms with Gasteiger partial charge in [-0.1, -0.05) is 30.3 Å². The molecule has 3 rings (SSSR count). The third-order valence-corrected chi connectivity index (χ3v) is 3.98. The number of aromatic nitrogens is 1. The summed E-state index contributed by atoms with van der Waals surface area (Å²) in [5.74, 6) is 1.37. The molecule has 0 aliphatic rings. The molecule has 0 spiro atoms. The molecule has 0 fully saturated rings. The van der Waals surface area contributed by atoms with Crippen LogP contribution in [0.2, 0.25) is 0 Å². The summed E-state index contributed by atoms with van der Waals surface area (Å²) in [5, 5.41) is 3.19. The third kappa shape index (κ3) is 5.57. The van der Waals surface area contributed by atoms with E-state index in [1.165, 1.54) is 18.1 Å². The molecule has 0 unspecified atom stereocenters. The fraction of sp³-hybridized carbons (Fsp3) is 0.182. The van der Waals surface area contributed by atoms with E-state index in [-0.39, 0.29) is 5.97 Å². The number of nitrogens with one attached hydrogen (secondary N) is 1. The second-order valence-electron chi connectivity index (χ2n) is 6.15. The number of pyridine rings is 1. The summed E-state index contributed by atoms with van der Waals surface area (Å²) in [6.07, 6.45) is 2.51. The fourth-order valence-corrected chi connectivity index (χ4v) is 2.71. The molecule has 0 bridgehead atoms. The lowest BCUT2D eigenvalue weighted by Crippen LogP contribution is -2.05.